The van der Waals surface area contributed by atoms with Crippen LogP contribution in [0.5, 0.6) is 0 Å². The molecule has 0 saturated heterocycles. The summed E-state index contributed by atoms with van der Waals surface area (Å²) < 4.78 is 55.0. The molecule has 1 unspecified atom stereocenters. The lowest BCUT2D eigenvalue weighted by atomic mass is 10.0. The molecule has 0 fully saturated rings. The Balaban J connectivity index is 1.98. The molecule has 10 nitrogen and oxygen atoms in total. The van der Waals surface area contributed by atoms with Crippen molar-refractivity contribution in [1.82, 2.24) is 9.97 Å². The van der Waals surface area contributed by atoms with E-state index in [-0.39, 0.29) is 32.4 Å². The average molecular weight is 502 g/mol. The Morgan fingerprint density at radius 2 is 1.88 bits per heavy atom. The molecule has 0 spiro atoms. The van der Waals surface area contributed by atoms with Crippen molar-refractivity contribution in [1.29, 1.82) is 0 Å². The lowest BCUT2D eigenvalue weighted by molar-refractivity contribution is 0.0592. The number of carbonyl (C=O) groups excluding carboxylic acids is 1. The predicted octanol–water partition coefficient (Wildman–Crippen LogP) is 2.27. The van der Waals surface area contributed by atoms with Gasteiger partial charge in [-0.1, -0.05) is 22.8 Å². The van der Waals surface area contributed by atoms with Crippen molar-refractivity contribution in [2.45, 2.75) is 35.8 Å². The summed E-state index contributed by atoms with van der Waals surface area (Å²) in [5.74, 6) is -1.92. The van der Waals surface area contributed by atoms with E-state index >= 15 is 0 Å². The fraction of sp³-hybridized carbons (Fsp3) is 0.368. The number of hydrogen-bond donors (Lipinski definition) is 0. The summed E-state index contributed by atoms with van der Waals surface area (Å²) in [6.07, 6.45) is 3.12. The number of hydrogen-bond acceptors (Lipinski definition) is 10. The number of aromatic nitrogens is 2. The topological polar surface area (TPSA) is 142 Å². The Kier molecular flexibility index (Phi) is 6.86. The van der Waals surface area contributed by atoms with Crippen LogP contribution in [0.3, 0.4) is 0 Å². The minimum absolute atomic E-state index is 0.0289. The number of rotatable bonds is 7. The molecule has 1 aromatic heterocycles. The van der Waals surface area contributed by atoms with Crippen molar-refractivity contribution in [3.05, 3.63) is 52.1 Å². The summed E-state index contributed by atoms with van der Waals surface area (Å²) in [6, 6.07) is 2.65. The fourth-order valence-electron chi connectivity index (χ4n) is 3.24. The highest BCUT2D eigenvalue weighted by molar-refractivity contribution is 7.90. The molecular weight excluding hydrogens is 482 g/mol. The first-order chi connectivity index (χ1) is 14.9. The number of oxime groups is 1. The number of ether oxygens (including phenoxy) is 1. The summed E-state index contributed by atoms with van der Waals surface area (Å²) in [6.45, 7) is 1.72. The summed E-state index contributed by atoms with van der Waals surface area (Å²) in [4.78, 5) is 24.9. The maximum atomic E-state index is 12.9. The van der Waals surface area contributed by atoms with Gasteiger partial charge in [0, 0.05) is 30.6 Å². The van der Waals surface area contributed by atoms with E-state index in [1.165, 1.54) is 24.5 Å². The number of carbonyl (C=O) groups is 1. The van der Waals surface area contributed by atoms with Crippen molar-refractivity contribution in [3.8, 4) is 0 Å². The van der Waals surface area contributed by atoms with Crippen LogP contribution in [0.1, 0.15) is 46.8 Å². The molecule has 32 heavy (non-hydrogen) atoms. The zero-order valence-electron chi connectivity index (χ0n) is 17.4. The van der Waals surface area contributed by atoms with Crippen LogP contribution in [0, 0.1) is 0 Å². The van der Waals surface area contributed by atoms with Gasteiger partial charge in [0.2, 0.25) is 0 Å². The summed E-state index contributed by atoms with van der Waals surface area (Å²) in [7, 11) is -6.41. The molecule has 0 amide bonds. The van der Waals surface area contributed by atoms with E-state index in [0.717, 1.165) is 13.4 Å². The van der Waals surface area contributed by atoms with Gasteiger partial charge in [-0.05, 0) is 18.6 Å². The van der Waals surface area contributed by atoms with Gasteiger partial charge in [-0.2, -0.15) is 0 Å². The Morgan fingerprint density at radius 3 is 2.47 bits per heavy atom. The maximum Gasteiger partial charge on any atom is 0.358 e. The number of methoxy groups -OCH3 is 1. The minimum atomic E-state index is -3.89. The molecule has 1 aliphatic rings. The van der Waals surface area contributed by atoms with Crippen LogP contribution in [-0.2, 0) is 40.8 Å². The highest BCUT2D eigenvalue weighted by Gasteiger charge is 2.31. The molecule has 2 aromatic rings. The monoisotopic (exact) mass is 501 g/mol. The zero-order valence-corrected chi connectivity index (χ0v) is 19.8. The second-order valence-electron chi connectivity index (χ2n) is 7.22. The Labute approximate surface area is 190 Å². The SMILES string of the molecule is COC(=O)c1nccnc1CS(=O)(=O)Cc1ccc(S(C)(=O)=O)c(C2CC(C)=NO2)c1Cl. The third kappa shape index (κ3) is 5.25. The molecule has 172 valence electrons. The molecule has 0 radical (unpaired) electrons. The molecule has 1 aromatic carbocycles. The molecule has 1 aliphatic heterocycles. The van der Waals surface area contributed by atoms with E-state index < -0.39 is 43.3 Å². The Morgan fingerprint density at radius 1 is 1.19 bits per heavy atom. The molecule has 0 N–H and O–H groups in total. The van der Waals surface area contributed by atoms with Gasteiger partial charge >= 0.3 is 5.97 Å². The molecular formula is C19H20ClN3O7S2. The van der Waals surface area contributed by atoms with E-state index in [9.17, 15) is 21.6 Å². The normalized spacial score (nSPS) is 16.4. The fourth-order valence-corrected chi connectivity index (χ4v) is 6.12. The van der Waals surface area contributed by atoms with Crippen LogP contribution in [0.2, 0.25) is 5.02 Å². The van der Waals surface area contributed by atoms with Crippen molar-refractivity contribution in [3.63, 3.8) is 0 Å². The summed E-state index contributed by atoms with van der Waals surface area (Å²) in [5.41, 5.74) is 0.737. The molecule has 13 heteroatoms. The second kappa shape index (κ2) is 9.12. The van der Waals surface area contributed by atoms with E-state index in [1.54, 1.807) is 6.92 Å². The highest BCUT2D eigenvalue weighted by Crippen LogP contribution is 2.39. The number of esters is 1. The smallest absolute Gasteiger partial charge is 0.358 e. The van der Waals surface area contributed by atoms with Crippen LogP contribution in [0.25, 0.3) is 0 Å². The maximum absolute atomic E-state index is 12.9. The van der Waals surface area contributed by atoms with Crippen molar-refractivity contribution in [2.75, 3.05) is 13.4 Å². The number of sulfone groups is 2. The molecule has 0 bridgehead atoms. The minimum Gasteiger partial charge on any atom is -0.464 e. The lowest BCUT2D eigenvalue weighted by Crippen LogP contribution is -2.16. The predicted molar refractivity (Wildman–Crippen MR) is 116 cm³/mol. The van der Waals surface area contributed by atoms with Gasteiger partial charge in [0.1, 0.15) is 0 Å². The third-order valence-corrected chi connectivity index (χ3v) is 7.71. The molecule has 3 rings (SSSR count). The third-order valence-electron chi connectivity index (χ3n) is 4.64. The Hall–Kier alpha value is -2.57. The van der Waals surface area contributed by atoms with Gasteiger partial charge in [-0.3, -0.25) is 4.98 Å². The van der Waals surface area contributed by atoms with Crippen molar-refractivity contribution in [2.24, 2.45) is 5.16 Å². The van der Waals surface area contributed by atoms with Crippen molar-refractivity contribution < 1.29 is 31.2 Å². The van der Waals surface area contributed by atoms with Crippen LogP contribution < -0.4 is 0 Å². The quantitative estimate of drug-likeness (QED) is 0.522. The van der Waals surface area contributed by atoms with Crippen molar-refractivity contribution >= 4 is 43.0 Å². The summed E-state index contributed by atoms with van der Waals surface area (Å²) >= 11 is 6.50. The lowest BCUT2D eigenvalue weighted by Gasteiger charge is -2.18. The van der Waals surface area contributed by atoms with Gasteiger partial charge in [-0.25, -0.2) is 26.6 Å². The standard InChI is InChI=1S/C19H20ClN3O7S2/c1-11-8-14(30-23-11)16-15(31(3,25)26)5-4-12(17(16)20)9-32(27,28)10-13-18(19(24)29-2)22-7-6-21-13/h4-7,14H,8-10H2,1-3H3. The molecule has 2 heterocycles. The Bertz CT molecular complexity index is 1310. The number of nitrogens with zero attached hydrogens (tertiary/aromatic N) is 3. The van der Waals surface area contributed by atoms with E-state index in [4.69, 9.17) is 16.4 Å². The first kappa shape index (κ1) is 24.1. The van der Waals surface area contributed by atoms with Gasteiger partial charge in [0.15, 0.2) is 31.5 Å². The van der Waals surface area contributed by atoms with Gasteiger partial charge < -0.3 is 9.57 Å². The van der Waals surface area contributed by atoms with E-state index in [2.05, 4.69) is 19.9 Å². The van der Waals surface area contributed by atoms with Crippen LogP contribution in [0.15, 0.2) is 34.6 Å². The number of halogens is 1. The molecule has 0 aliphatic carbocycles. The summed E-state index contributed by atoms with van der Waals surface area (Å²) in [5, 5.41) is 3.81. The average Bonchev–Trinajstić information content (AvgIpc) is 3.13. The highest BCUT2D eigenvalue weighted by atomic mass is 35.5. The van der Waals surface area contributed by atoms with Crippen LogP contribution in [-0.4, -0.2) is 51.9 Å². The zero-order chi connectivity index (χ0) is 23.7. The van der Waals surface area contributed by atoms with E-state index in [0.29, 0.717) is 12.1 Å². The first-order valence-electron chi connectivity index (χ1n) is 9.22. The van der Waals surface area contributed by atoms with Crippen LogP contribution >= 0.6 is 11.6 Å². The van der Waals surface area contributed by atoms with E-state index in [1.807, 2.05) is 0 Å². The van der Waals surface area contributed by atoms with Gasteiger partial charge in [0.25, 0.3) is 0 Å². The molecule has 0 saturated carbocycles. The molecule has 1 atom stereocenters. The first-order valence-corrected chi connectivity index (χ1v) is 13.3. The number of benzene rings is 1. The second-order valence-corrected chi connectivity index (χ2v) is 11.6. The van der Waals surface area contributed by atoms with Gasteiger partial charge in [0.05, 0.1) is 39.9 Å². The largest absolute Gasteiger partial charge is 0.464 e. The van der Waals surface area contributed by atoms with Crippen LogP contribution in [0.4, 0.5) is 0 Å². The van der Waals surface area contributed by atoms with Gasteiger partial charge in [-0.15, -0.1) is 0 Å².